The standard InChI is InChI=1S/C20H20N4O3S3/c1-3-10-21-19-23-24-20(30-19)29-12-15(25)22-17-16(18(26)27-4-2)14(11-28-17)13-8-6-5-7-9-13/h3,5-9,11H,1,4,10,12H2,2H3,(H,21,23)(H,22,25). The Labute approximate surface area is 186 Å². The van der Waals surface area contributed by atoms with Gasteiger partial charge in [0.15, 0.2) is 4.34 Å². The number of ether oxygens (including phenoxy) is 1. The lowest BCUT2D eigenvalue weighted by Crippen LogP contribution is -2.16. The van der Waals surface area contributed by atoms with Crippen molar-refractivity contribution < 1.29 is 14.3 Å². The van der Waals surface area contributed by atoms with Crippen LogP contribution in [-0.4, -0.2) is 41.0 Å². The van der Waals surface area contributed by atoms with Crippen molar-refractivity contribution in [3.63, 3.8) is 0 Å². The molecule has 0 saturated carbocycles. The third-order valence-corrected chi connectivity index (χ3v) is 6.65. The molecular formula is C20H20N4O3S3. The Bertz CT molecular complexity index is 1020. The number of hydrogen-bond donors (Lipinski definition) is 2. The van der Waals surface area contributed by atoms with E-state index in [0.29, 0.717) is 26.6 Å². The molecule has 2 aromatic heterocycles. The van der Waals surface area contributed by atoms with Gasteiger partial charge in [-0.3, -0.25) is 4.79 Å². The van der Waals surface area contributed by atoms with Crippen molar-refractivity contribution in [2.45, 2.75) is 11.3 Å². The number of nitrogens with one attached hydrogen (secondary N) is 2. The summed E-state index contributed by atoms with van der Waals surface area (Å²) in [6.45, 7) is 6.24. The molecule has 1 aromatic carbocycles. The fourth-order valence-corrected chi connectivity index (χ4v) is 5.01. The second-order valence-electron chi connectivity index (χ2n) is 5.82. The Morgan fingerprint density at radius 1 is 1.27 bits per heavy atom. The number of hydrogen-bond acceptors (Lipinski definition) is 9. The van der Waals surface area contributed by atoms with Crippen molar-refractivity contribution in [3.05, 3.63) is 53.9 Å². The van der Waals surface area contributed by atoms with Gasteiger partial charge in [-0.25, -0.2) is 4.79 Å². The SMILES string of the molecule is C=CCNc1nnc(SCC(=O)Nc2scc(-c3ccccc3)c2C(=O)OCC)s1. The molecule has 0 aliphatic heterocycles. The van der Waals surface area contributed by atoms with Gasteiger partial charge < -0.3 is 15.4 Å². The summed E-state index contributed by atoms with van der Waals surface area (Å²) >= 11 is 3.95. The monoisotopic (exact) mass is 460 g/mol. The van der Waals surface area contributed by atoms with Gasteiger partial charge in [0.05, 0.1) is 12.4 Å². The number of carbonyl (C=O) groups excluding carboxylic acids is 2. The molecule has 0 saturated heterocycles. The van der Waals surface area contributed by atoms with Crippen molar-refractivity contribution in [2.24, 2.45) is 0 Å². The maximum Gasteiger partial charge on any atom is 0.341 e. The van der Waals surface area contributed by atoms with E-state index in [2.05, 4.69) is 27.4 Å². The third kappa shape index (κ3) is 5.68. The summed E-state index contributed by atoms with van der Waals surface area (Å²) < 4.78 is 5.89. The van der Waals surface area contributed by atoms with E-state index in [1.54, 1.807) is 13.0 Å². The lowest BCUT2D eigenvalue weighted by molar-refractivity contribution is -0.113. The van der Waals surface area contributed by atoms with Crippen LogP contribution in [0.3, 0.4) is 0 Å². The summed E-state index contributed by atoms with van der Waals surface area (Å²) in [4.78, 5) is 25.1. The molecule has 0 radical (unpaired) electrons. The van der Waals surface area contributed by atoms with Crippen molar-refractivity contribution in [2.75, 3.05) is 29.5 Å². The van der Waals surface area contributed by atoms with Crippen LogP contribution in [0.1, 0.15) is 17.3 Å². The lowest BCUT2D eigenvalue weighted by atomic mass is 10.0. The predicted octanol–water partition coefficient (Wildman–Crippen LogP) is 4.77. The molecule has 0 fully saturated rings. The normalized spacial score (nSPS) is 10.4. The summed E-state index contributed by atoms with van der Waals surface area (Å²) in [6, 6.07) is 9.54. The molecule has 0 bridgehead atoms. The second kappa shape index (κ2) is 10.9. The Morgan fingerprint density at radius 2 is 2.07 bits per heavy atom. The first-order valence-corrected chi connectivity index (χ1v) is 11.8. The number of thiophene rings is 1. The molecule has 0 atom stereocenters. The van der Waals surface area contributed by atoms with Gasteiger partial charge in [-0.2, -0.15) is 0 Å². The van der Waals surface area contributed by atoms with E-state index in [9.17, 15) is 9.59 Å². The molecule has 0 aliphatic carbocycles. The molecule has 7 nitrogen and oxygen atoms in total. The number of carbonyl (C=O) groups is 2. The van der Waals surface area contributed by atoms with Gasteiger partial charge in [-0.15, -0.1) is 28.1 Å². The van der Waals surface area contributed by atoms with Crippen LogP contribution in [0, 0.1) is 0 Å². The molecule has 2 N–H and O–H groups in total. The average molecular weight is 461 g/mol. The van der Waals surface area contributed by atoms with Crippen LogP contribution in [0.25, 0.3) is 11.1 Å². The number of aromatic nitrogens is 2. The lowest BCUT2D eigenvalue weighted by Gasteiger charge is -2.08. The van der Waals surface area contributed by atoms with Gasteiger partial charge in [-0.1, -0.05) is 59.5 Å². The van der Waals surface area contributed by atoms with Crippen LogP contribution in [0.5, 0.6) is 0 Å². The summed E-state index contributed by atoms with van der Waals surface area (Å²) in [6.07, 6.45) is 1.73. The molecule has 2 heterocycles. The zero-order chi connectivity index (χ0) is 21.3. The minimum Gasteiger partial charge on any atom is -0.462 e. The second-order valence-corrected chi connectivity index (χ2v) is 8.90. The van der Waals surface area contributed by atoms with E-state index in [0.717, 1.165) is 11.1 Å². The van der Waals surface area contributed by atoms with Crippen LogP contribution in [-0.2, 0) is 9.53 Å². The van der Waals surface area contributed by atoms with Crippen molar-refractivity contribution in [1.82, 2.24) is 10.2 Å². The largest absolute Gasteiger partial charge is 0.462 e. The molecule has 3 rings (SSSR count). The van der Waals surface area contributed by atoms with Gasteiger partial charge in [0.25, 0.3) is 0 Å². The average Bonchev–Trinajstić information content (AvgIpc) is 3.38. The molecule has 0 unspecified atom stereocenters. The van der Waals surface area contributed by atoms with Crippen LogP contribution in [0.4, 0.5) is 10.1 Å². The van der Waals surface area contributed by atoms with Gasteiger partial charge in [0, 0.05) is 17.5 Å². The predicted molar refractivity (Wildman–Crippen MR) is 124 cm³/mol. The molecule has 0 aliphatic rings. The zero-order valence-corrected chi connectivity index (χ0v) is 18.7. The van der Waals surface area contributed by atoms with Crippen LogP contribution >= 0.6 is 34.4 Å². The van der Waals surface area contributed by atoms with Crippen LogP contribution in [0.15, 0.2) is 52.7 Å². The first-order chi connectivity index (χ1) is 14.6. The Kier molecular flexibility index (Phi) is 8.00. The zero-order valence-electron chi connectivity index (χ0n) is 16.2. The number of amides is 1. The Morgan fingerprint density at radius 3 is 2.80 bits per heavy atom. The molecule has 156 valence electrons. The summed E-state index contributed by atoms with van der Waals surface area (Å²) in [7, 11) is 0. The van der Waals surface area contributed by atoms with E-state index in [4.69, 9.17) is 4.74 Å². The van der Waals surface area contributed by atoms with Gasteiger partial charge in [-0.05, 0) is 12.5 Å². The highest BCUT2D eigenvalue weighted by atomic mass is 32.2. The molecule has 10 heteroatoms. The van der Waals surface area contributed by atoms with E-state index >= 15 is 0 Å². The summed E-state index contributed by atoms with van der Waals surface area (Å²) in [5.74, 6) is -0.540. The highest BCUT2D eigenvalue weighted by Crippen LogP contribution is 2.36. The topological polar surface area (TPSA) is 93.2 Å². The first kappa shape index (κ1) is 22.0. The molecule has 1 amide bonds. The molecule has 30 heavy (non-hydrogen) atoms. The van der Waals surface area contributed by atoms with Gasteiger partial charge in [0.2, 0.25) is 11.0 Å². The number of benzene rings is 1. The number of nitrogens with zero attached hydrogens (tertiary/aromatic N) is 2. The van der Waals surface area contributed by atoms with Gasteiger partial charge >= 0.3 is 5.97 Å². The number of esters is 1. The maximum atomic E-state index is 12.6. The minimum absolute atomic E-state index is 0.150. The number of rotatable bonds is 10. The molecule has 0 spiro atoms. The van der Waals surface area contributed by atoms with Crippen molar-refractivity contribution >= 4 is 56.4 Å². The fourth-order valence-electron chi connectivity index (χ4n) is 2.47. The van der Waals surface area contributed by atoms with Crippen molar-refractivity contribution in [3.8, 4) is 11.1 Å². The highest BCUT2D eigenvalue weighted by molar-refractivity contribution is 8.01. The smallest absolute Gasteiger partial charge is 0.341 e. The third-order valence-electron chi connectivity index (χ3n) is 3.74. The highest BCUT2D eigenvalue weighted by Gasteiger charge is 2.22. The quantitative estimate of drug-likeness (QED) is 0.256. The van der Waals surface area contributed by atoms with Crippen LogP contribution < -0.4 is 10.6 Å². The number of thioether (sulfide) groups is 1. The van der Waals surface area contributed by atoms with E-state index in [-0.39, 0.29) is 18.3 Å². The van der Waals surface area contributed by atoms with Gasteiger partial charge in [0.1, 0.15) is 10.6 Å². The van der Waals surface area contributed by atoms with E-state index in [1.165, 1.54) is 34.4 Å². The van der Waals surface area contributed by atoms with E-state index in [1.807, 2.05) is 35.7 Å². The maximum absolute atomic E-state index is 12.6. The summed E-state index contributed by atoms with van der Waals surface area (Å²) in [5, 5.41) is 16.9. The number of anilines is 2. The minimum atomic E-state index is -0.456. The summed E-state index contributed by atoms with van der Waals surface area (Å²) in [5.41, 5.74) is 2.00. The van der Waals surface area contributed by atoms with Crippen molar-refractivity contribution in [1.29, 1.82) is 0 Å². The molecular weight excluding hydrogens is 440 g/mol. The Balaban J connectivity index is 1.70. The molecule has 3 aromatic rings. The van der Waals surface area contributed by atoms with Crippen LogP contribution in [0.2, 0.25) is 0 Å². The first-order valence-electron chi connectivity index (χ1n) is 9.07. The Hall–Kier alpha value is -2.69. The van der Waals surface area contributed by atoms with E-state index < -0.39 is 5.97 Å². The fraction of sp³-hybridized carbons (Fsp3) is 0.200.